The van der Waals surface area contributed by atoms with Crippen molar-refractivity contribution >= 4 is 5.96 Å². The molecule has 1 atom stereocenters. The van der Waals surface area contributed by atoms with E-state index in [1.165, 1.54) is 12.8 Å². The smallest absolute Gasteiger partial charge is 0.193 e. The summed E-state index contributed by atoms with van der Waals surface area (Å²) in [4.78, 5) is 8.99. The Morgan fingerprint density at radius 3 is 2.28 bits per heavy atom. The lowest BCUT2D eigenvalue weighted by atomic mass is 10.3. The Morgan fingerprint density at radius 1 is 1.22 bits per heavy atom. The van der Waals surface area contributed by atoms with Crippen molar-refractivity contribution in [2.75, 3.05) is 40.3 Å². The zero-order valence-electron chi connectivity index (χ0n) is 13.2. The minimum atomic E-state index is 0.538. The van der Waals surface area contributed by atoms with Crippen LogP contribution in [0.4, 0.5) is 0 Å². The first-order valence-electron chi connectivity index (χ1n) is 7.26. The standard InChI is InChI=1S/C14H32N4/c1-7-10-11-17(6)14(15-5)16-12-13(4)18(8-2)9-3/h13H,7-12H2,1-6H3,(H,15,16). The summed E-state index contributed by atoms with van der Waals surface area (Å²) >= 11 is 0. The molecule has 0 bridgehead atoms. The highest BCUT2D eigenvalue weighted by atomic mass is 15.3. The molecule has 0 radical (unpaired) electrons. The van der Waals surface area contributed by atoms with Crippen molar-refractivity contribution in [2.24, 2.45) is 4.99 Å². The van der Waals surface area contributed by atoms with Gasteiger partial charge in [0.2, 0.25) is 0 Å². The van der Waals surface area contributed by atoms with Crippen molar-refractivity contribution in [2.45, 2.75) is 46.6 Å². The van der Waals surface area contributed by atoms with Crippen LogP contribution >= 0.6 is 0 Å². The number of likely N-dealkylation sites (N-methyl/N-ethyl adjacent to an activating group) is 1. The van der Waals surface area contributed by atoms with E-state index in [0.29, 0.717) is 6.04 Å². The van der Waals surface area contributed by atoms with E-state index in [1.807, 2.05) is 7.05 Å². The Morgan fingerprint density at radius 2 is 1.83 bits per heavy atom. The number of nitrogens with zero attached hydrogens (tertiary/aromatic N) is 3. The molecule has 0 aliphatic heterocycles. The fourth-order valence-corrected chi connectivity index (χ4v) is 2.10. The molecule has 18 heavy (non-hydrogen) atoms. The Kier molecular flexibility index (Phi) is 9.74. The van der Waals surface area contributed by atoms with Crippen LogP contribution in [0.25, 0.3) is 0 Å². The average molecular weight is 256 g/mol. The van der Waals surface area contributed by atoms with E-state index in [1.54, 1.807) is 0 Å². The molecule has 108 valence electrons. The SMILES string of the molecule is CCCCN(C)C(=NC)NCC(C)N(CC)CC. The van der Waals surface area contributed by atoms with E-state index < -0.39 is 0 Å². The molecule has 0 spiro atoms. The maximum Gasteiger partial charge on any atom is 0.193 e. The summed E-state index contributed by atoms with van der Waals surface area (Å²) in [6.07, 6.45) is 2.43. The predicted octanol–water partition coefficient (Wildman–Crippen LogP) is 2.02. The molecule has 0 amide bonds. The minimum absolute atomic E-state index is 0.538. The van der Waals surface area contributed by atoms with Gasteiger partial charge in [-0.1, -0.05) is 27.2 Å². The molecule has 0 aromatic heterocycles. The zero-order valence-corrected chi connectivity index (χ0v) is 13.2. The quantitative estimate of drug-likeness (QED) is 0.532. The van der Waals surface area contributed by atoms with Crippen LogP contribution in [0.15, 0.2) is 4.99 Å². The molecule has 0 rings (SSSR count). The van der Waals surface area contributed by atoms with Crippen molar-refractivity contribution in [3.8, 4) is 0 Å². The van der Waals surface area contributed by atoms with Crippen LogP contribution in [0, 0.1) is 0 Å². The van der Waals surface area contributed by atoms with Crippen molar-refractivity contribution in [1.29, 1.82) is 0 Å². The van der Waals surface area contributed by atoms with Gasteiger partial charge in [-0.3, -0.25) is 9.89 Å². The molecule has 0 fully saturated rings. The highest BCUT2D eigenvalue weighted by molar-refractivity contribution is 5.79. The van der Waals surface area contributed by atoms with Gasteiger partial charge in [-0.2, -0.15) is 0 Å². The van der Waals surface area contributed by atoms with E-state index in [2.05, 4.69) is 54.9 Å². The summed E-state index contributed by atoms with van der Waals surface area (Å²) in [5.41, 5.74) is 0. The van der Waals surface area contributed by atoms with Crippen molar-refractivity contribution in [1.82, 2.24) is 15.1 Å². The minimum Gasteiger partial charge on any atom is -0.355 e. The molecule has 4 nitrogen and oxygen atoms in total. The molecule has 0 saturated carbocycles. The zero-order chi connectivity index (χ0) is 14.0. The normalized spacial score (nSPS) is 13.8. The summed E-state index contributed by atoms with van der Waals surface area (Å²) in [7, 11) is 3.96. The van der Waals surface area contributed by atoms with Gasteiger partial charge in [-0.15, -0.1) is 0 Å². The third kappa shape index (κ3) is 6.24. The van der Waals surface area contributed by atoms with Crippen LogP contribution in [0.3, 0.4) is 0 Å². The molecule has 0 aromatic rings. The molecule has 1 unspecified atom stereocenters. The van der Waals surface area contributed by atoms with Gasteiger partial charge in [-0.05, 0) is 26.4 Å². The number of aliphatic imine (C=N–C) groups is 1. The number of unbranched alkanes of at least 4 members (excludes halogenated alkanes) is 1. The molecule has 0 aliphatic carbocycles. The number of nitrogens with one attached hydrogen (secondary N) is 1. The number of hydrogen-bond donors (Lipinski definition) is 1. The lowest BCUT2D eigenvalue weighted by Crippen LogP contribution is -2.46. The summed E-state index contributed by atoms with van der Waals surface area (Å²) in [5.74, 6) is 1.00. The molecule has 1 N–H and O–H groups in total. The van der Waals surface area contributed by atoms with Crippen LogP contribution in [-0.4, -0.2) is 62.1 Å². The summed E-state index contributed by atoms with van der Waals surface area (Å²) in [5, 5.41) is 3.46. The van der Waals surface area contributed by atoms with Gasteiger partial charge in [0.25, 0.3) is 0 Å². The summed E-state index contributed by atoms with van der Waals surface area (Å²) < 4.78 is 0. The lowest BCUT2D eigenvalue weighted by molar-refractivity contribution is 0.230. The van der Waals surface area contributed by atoms with E-state index in [9.17, 15) is 0 Å². The molecular weight excluding hydrogens is 224 g/mol. The maximum absolute atomic E-state index is 4.34. The number of hydrogen-bond acceptors (Lipinski definition) is 2. The molecule has 4 heteroatoms. The molecule has 0 heterocycles. The first-order chi connectivity index (χ1) is 8.60. The van der Waals surface area contributed by atoms with Crippen LogP contribution in [-0.2, 0) is 0 Å². The molecule has 0 aromatic carbocycles. The van der Waals surface area contributed by atoms with Crippen LogP contribution < -0.4 is 5.32 Å². The third-order valence-corrected chi connectivity index (χ3v) is 3.41. The topological polar surface area (TPSA) is 30.9 Å². The molecular formula is C14H32N4. The first kappa shape index (κ1) is 17.2. The van der Waals surface area contributed by atoms with Crippen molar-refractivity contribution in [3.05, 3.63) is 0 Å². The van der Waals surface area contributed by atoms with Gasteiger partial charge in [0.15, 0.2) is 5.96 Å². The Bertz CT molecular complexity index is 224. The average Bonchev–Trinajstić information content (AvgIpc) is 2.38. The van der Waals surface area contributed by atoms with Gasteiger partial charge in [0, 0.05) is 33.2 Å². The van der Waals surface area contributed by atoms with Gasteiger partial charge < -0.3 is 10.2 Å². The lowest BCUT2D eigenvalue weighted by Gasteiger charge is -2.29. The first-order valence-corrected chi connectivity index (χ1v) is 7.26. The maximum atomic E-state index is 4.34. The van der Waals surface area contributed by atoms with E-state index in [4.69, 9.17) is 0 Å². The van der Waals surface area contributed by atoms with Crippen molar-refractivity contribution in [3.63, 3.8) is 0 Å². The second-order valence-electron chi connectivity index (χ2n) is 4.77. The Labute approximate surface area is 113 Å². The largest absolute Gasteiger partial charge is 0.355 e. The molecule has 0 saturated heterocycles. The molecule has 0 aliphatic rings. The van der Waals surface area contributed by atoms with E-state index in [0.717, 1.165) is 32.1 Å². The van der Waals surface area contributed by atoms with Gasteiger partial charge in [0.05, 0.1) is 0 Å². The summed E-state index contributed by atoms with van der Waals surface area (Å²) in [6, 6.07) is 0.538. The third-order valence-electron chi connectivity index (χ3n) is 3.41. The van der Waals surface area contributed by atoms with Crippen LogP contribution in [0.5, 0.6) is 0 Å². The predicted molar refractivity (Wildman–Crippen MR) is 81.3 cm³/mol. The number of guanidine groups is 1. The van der Waals surface area contributed by atoms with Gasteiger partial charge in [-0.25, -0.2) is 0 Å². The summed E-state index contributed by atoms with van der Waals surface area (Å²) in [6.45, 7) is 13.1. The van der Waals surface area contributed by atoms with Crippen LogP contribution in [0.2, 0.25) is 0 Å². The second-order valence-corrected chi connectivity index (χ2v) is 4.77. The Hall–Kier alpha value is -0.770. The van der Waals surface area contributed by atoms with E-state index >= 15 is 0 Å². The highest BCUT2D eigenvalue weighted by Gasteiger charge is 2.11. The van der Waals surface area contributed by atoms with Crippen molar-refractivity contribution < 1.29 is 0 Å². The second kappa shape index (κ2) is 10.2. The monoisotopic (exact) mass is 256 g/mol. The number of rotatable bonds is 8. The van der Waals surface area contributed by atoms with E-state index in [-0.39, 0.29) is 0 Å². The van der Waals surface area contributed by atoms with Gasteiger partial charge >= 0.3 is 0 Å². The Balaban J connectivity index is 4.14. The fraction of sp³-hybridized carbons (Fsp3) is 0.929. The highest BCUT2D eigenvalue weighted by Crippen LogP contribution is 1.98. The fourth-order valence-electron chi connectivity index (χ4n) is 2.10. The van der Waals surface area contributed by atoms with Gasteiger partial charge in [0.1, 0.15) is 0 Å². The van der Waals surface area contributed by atoms with Crippen LogP contribution in [0.1, 0.15) is 40.5 Å².